The van der Waals surface area contributed by atoms with Crippen molar-refractivity contribution in [1.82, 2.24) is 5.32 Å². The van der Waals surface area contributed by atoms with Gasteiger partial charge in [-0.05, 0) is 41.8 Å². The van der Waals surface area contributed by atoms with Crippen LogP contribution in [0.2, 0.25) is 10.0 Å². The maximum Gasteiger partial charge on any atom is 0.418 e. The van der Waals surface area contributed by atoms with Crippen molar-refractivity contribution in [2.24, 2.45) is 0 Å². The summed E-state index contributed by atoms with van der Waals surface area (Å²) in [5.74, 6) is -5.95. The zero-order chi connectivity index (χ0) is 29.3. The highest BCUT2D eigenvalue weighted by atomic mass is 35.5. The topological polar surface area (TPSA) is 113 Å². The molecule has 208 valence electrons. The first kappa shape index (κ1) is 28.9. The first-order valence-corrected chi connectivity index (χ1v) is 12.4. The fourth-order valence-corrected chi connectivity index (χ4v) is 5.24. The lowest BCUT2D eigenvalue weighted by Crippen LogP contribution is -2.44. The summed E-state index contributed by atoms with van der Waals surface area (Å²) < 4.78 is 47.0. The van der Waals surface area contributed by atoms with Crippen LogP contribution in [0.1, 0.15) is 27.9 Å². The summed E-state index contributed by atoms with van der Waals surface area (Å²) in [6, 6.07) is 6.20. The first-order valence-electron chi connectivity index (χ1n) is 11.6. The molecule has 1 atom stereocenters. The van der Waals surface area contributed by atoms with Gasteiger partial charge in [-0.15, -0.1) is 0 Å². The number of methoxy groups -OCH3 is 1. The van der Waals surface area contributed by atoms with Gasteiger partial charge in [0.2, 0.25) is 5.91 Å². The number of carbonyl (C=O) groups is 4. The Bertz CT molecular complexity index is 1520. The summed E-state index contributed by atoms with van der Waals surface area (Å²) in [6.45, 7) is 0. The number of carboxylic acid groups (broad SMARTS) is 1. The zero-order valence-corrected chi connectivity index (χ0v) is 22.1. The number of hydrogen-bond donors (Lipinski definition) is 2. The molecule has 0 bridgehead atoms. The van der Waals surface area contributed by atoms with Gasteiger partial charge in [0.25, 0.3) is 5.91 Å². The maximum absolute atomic E-state index is 14.2. The lowest BCUT2D eigenvalue weighted by Gasteiger charge is -2.31. The van der Waals surface area contributed by atoms with E-state index >= 15 is 0 Å². The van der Waals surface area contributed by atoms with Gasteiger partial charge in [-0.2, -0.15) is 0 Å². The molecule has 1 aliphatic heterocycles. The van der Waals surface area contributed by atoms with Gasteiger partial charge in [-0.25, -0.2) is 27.7 Å². The lowest BCUT2D eigenvalue weighted by molar-refractivity contribution is -0.142. The molecule has 0 aliphatic carbocycles. The fourth-order valence-electron chi connectivity index (χ4n) is 4.58. The van der Waals surface area contributed by atoms with Gasteiger partial charge >= 0.3 is 12.1 Å². The van der Waals surface area contributed by atoms with Gasteiger partial charge in [-0.1, -0.05) is 41.4 Å². The van der Waals surface area contributed by atoms with E-state index in [4.69, 9.17) is 27.9 Å². The number of carbonyl (C=O) groups excluding carboxylic acids is 3. The van der Waals surface area contributed by atoms with Gasteiger partial charge in [0.15, 0.2) is 0 Å². The smallest absolute Gasteiger partial charge is 0.418 e. The second-order valence-electron chi connectivity index (χ2n) is 8.71. The highest BCUT2D eigenvalue weighted by molar-refractivity contribution is 6.39. The molecule has 3 aromatic carbocycles. The van der Waals surface area contributed by atoms with E-state index in [0.717, 1.165) is 37.4 Å². The number of nitrogens with one attached hydrogen (secondary N) is 1. The Kier molecular flexibility index (Phi) is 8.36. The summed E-state index contributed by atoms with van der Waals surface area (Å²) in [4.78, 5) is 50.7. The van der Waals surface area contributed by atoms with Crippen LogP contribution in [0, 0.1) is 17.5 Å². The summed E-state index contributed by atoms with van der Waals surface area (Å²) >= 11 is 12.5. The molecule has 13 heteroatoms. The van der Waals surface area contributed by atoms with Crippen molar-refractivity contribution >= 4 is 52.8 Å². The van der Waals surface area contributed by atoms with E-state index in [1.807, 2.05) is 0 Å². The lowest BCUT2D eigenvalue weighted by atomic mass is 9.87. The first-order chi connectivity index (χ1) is 18.9. The van der Waals surface area contributed by atoms with E-state index in [2.05, 4.69) is 5.32 Å². The number of halogens is 5. The number of benzene rings is 3. The van der Waals surface area contributed by atoms with E-state index in [1.165, 1.54) is 12.1 Å². The Hall–Kier alpha value is -4.09. The minimum absolute atomic E-state index is 0.0291. The number of imide groups is 1. The van der Waals surface area contributed by atoms with Crippen molar-refractivity contribution in [2.75, 3.05) is 12.0 Å². The third-order valence-electron chi connectivity index (χ3n) is 6.31. The molecule has 1 heterocycles. The van der Waals surface area contributed by atoms with Crippen molar-refractivity contribution < 1.29 is 42.2 Å². The van der Waals surface area contributed by atoms with Crippen molar-refractivity contribution in [3.8, 4) is 11.1 Å². The number of fused-ring (bicyclic) bond motifs is 1. The molecular formula is C27H19Cl2F3N2O6. The largest absolute Gasteiger partial charge is 0.467 e. The van der Waals surface area contributed by atoms with Crippen LogP contribution in [-0.4, -0.2) is 42.1 Å². The van der Waals surface area contributed by atoms with Crippen LogP contribution >= 0.6 is 23.2 Å². The highest BCUT2D eigenvalue weighted by Crippen LogP contribution is 2.45. The molecule has 0 fully saturated rings. The van der Waals surface area contributed by atoms with E-state index in [-0.39, 0.29) is 46.1 Å². The summed E-state index contributed by atoms with van der Waals surface area (Å²) in [5, 5.41) is 11.9. The Morgan fingerprint density at radius 2 is 1.68 bits per heavy atom. The van der Waals surface area contributed by atoms with Crippen LogP contribution in [0.4, 0.5) is 23.7 Å². The SMILES string of the molecule is COC(=O)C(Cc1ccc(-c2c(Cl)cc(F)cc2Cl)c2c1CCC(=O)N2C(=O)O)NC(=O)c1c(F)cccc1F. The summed E-state index contributed by atoms with van der Waals surface area (Å²) in [6.07, 6.45) is -2.09. The normalized spacial score (nSPS) is 13.4. The van der Waals surface area contributed by atoms with E-state index in [1.54, 1.807) is 0 Å². The predicted octanol–water partition coefficient (Wildman–Crippen LogP) is 5.55. The molecule has 0 aromatic heterocycles. The Labute approximate surface area is 235 Å². The molecule has 3 amide bonds. The average molecular weight is 595 g/mol. The quantitative estimate of drug-likeness (QED) is 0.362. The van der Waals surface area contributed by atoms with E-state index < -0.39 is 52.9 Å². The second kappa shape index (κ2) is 11.6. The molecule has 0 saturated heterocycles. The number of hydrogen-bond acceptors (Lipinski definition) is 5. The van der Waals surface area contributed by atoms with Crippen LogP contribution in [-0.2, 0) is 27.2 Å². The van der Waals surface area contributed by atoms with Crippen LogP contribution in [0.3, 0.4) is 0 Å². The third-order valence-corrected chi connectivity index (χ3v) is 6.91. The third kappa shape index (κ3) is 5.47. The fraction of sp³-hybridized carbons (Fsp3) is 0.185. The molecule has 0 spiro atoms. The zero-order valence-electron chi connectivity index (χ0n) is 20.6. The van der Waals surface area contributed by atoms with Crippen molar-refractivity contribution in [1.29, 1.82) is 0 Å². The molecule has 1 aliphatic rings. The number of rotatable bonds is 6. The Balaban J connectivity index is 1.84. The van der Waals surface area contributed by atoms with E-state index in [0.29, 0.717) is 16.0 Å². The average Bonchev–Trinajstić information content (AvgIpc) is 2.87. The number of amides is 3. The molecule has 0 saturated carbocycles. The summed E-state index contributed by atoms with van der Waals surface area (Å²) in [5.41, 5.74) is -0.214. The number of ether oxygens (including phenoxy) is 1. The minimum Gasteiger partial charge on any atom is -0.467 e. The van der Waals surface area contributed by atoms with Crippen LogP contribution in [0.5, 0.6) is 0 Å². The molecule has 1 unspecified atom stereocenters. The van der Waals surface area contributed by atoms with Gasteiger partial charge in [-0.3, -0.25) is 9.59 Å². The maximum atomic E-state index is 14.2. The van der Waals surface area contributed by atoms with Crippen LogP contribution in [0.25, 0.3) is 11.1 Å². The molecule has 0 radical (unpaired) electrons. The van der Waals surface area contributed by atoms with Crippen molar-refractivity contribution in [3.05, 3.63) is 86.7 Å². The highest BCUT2D eigenvalue weighted by Gasteiger charge is 2.36. The van der Waals surface area contributed by atoms with Crippen LogP contribution < -0.4 is 10.2 Å². The number of nitrogens with zero attached hydrogens (tertiary/aromatic N) is 1. The van der Waals surface area contributed by atoms with Gasteiger partial charge in [0.05, 0.1) is 22.8 Å². The standard InChI is InChI=1S/C27H19Cl2F3N2O6/c1-40-26(37)20(33-25(36)23-18(31)3-2-4-19(23)32)9-12-5-6-15(22-16(28)10-13(30)11-17(22)29)24-14(12)7-8-21(35)34(24)27(38)39/h2-6,10-11,20H,7-9H2,1H3,(H,33,36)(H,38,39). The van der Waals surface area contributed by atoms with Gasteiger partial charge in [0, 0.05) is 24.0 Å². The molecule has 40 heavy (non-hydrogen) atoms. The Morgan fingerprint density at radius 1 is 1.05 bits per heavy atom. The molecular weight excluding hydrogens is 576 g/mol. The molecule has 8 nitrogen and oxygen atoms in total. The second-order valence-corrected chi connectivity index (χ2v) is 9.52. The molecule has 3 aromatic rings. The van der Waals surface area contributed by atoms with Gasteiger partial charge < -0.3 is 15.2 Å². The summed E-state index contributed by atoms with van der Waals surface area (Å²) in [7, 11) is 1.05. The molecule has 4 rings (SSSR count). The minimum atomic E-state index is -1.61. The number of esters is 1. The Morgan fingerprint density at radius 3 is 2.25 bits per heavy atom. The predicted molar refractivity (Wildman–Crippen MR) is 139 cm³/mol. The number of anilines is 1. The van der Waals surface area contributed by atoms with Gasteiger partial charge in [0.1, 0.15) is 29.1 Å². The monoisotopic (exact) mass is 594 g/mol. The van der Waals surface area contributed by atoms with E-state index in [9.17, 15) is 37.5 Å². The molecule has 2 N–H and O–H groups in total. The van der Waals surface area contributed by atoms with Crippen molar-refractivity contribution in [2.45, 2.75) is 25.3 Å². The van der Waals surface area contributed by atoms with Crippen LogP contribution in [0.15, 0.2) is 42.5 Å². The van der Waals surface area contributed by atoms with Crippen molar-refractivity contribution in [3.63, 3.8) is 0 Å².